The Balaban J connectivity index is 1.67. The molecule has 1 saturated heterocycles. The first kappa shape index (κ1) is 36.3. The van der Waals surface area contributed by atoms with Crippen molar-refractivity contribution >= 4 is 51.8 Å². The average molecular weight is 684 g/mol. The quantitative estimate of drug-likeness (QED) is 0.256. The Bertz CT molecular complexity index is 1760. The molecule has 0 radical (unpaired) electrons. The van der Waals surface area contributed by atoms with Crippen LogP contribution in [0.2, 0.25) is 5.02 Å². The number of alkyl carbamates (subject to hydrolysis) is 1. The van der Waals surface area contributed by atoms with Gasteiger partial charge in [0.15, 0.2) is 18.2 Å². The number of likely N-dealkylation sites (N-methyl/N-ethyl adjacent to an activating group) is 1. The van der Waals surface area contributed by atoms with Gasteiger partial charge >= 0.3 is 6.09 Å². The summed E-state index contributed by atoms with van der Waals surface area (Å²) in [6.45, 7) is 11.8. The van der Waals surface area contributed by atoms with Crippen molar-refractivity contribution in [1.29, 1.82) is 5.26 Å². The highest BCUT2D eigenvalue weighted by molar-refractivity contribution is 6.33. The second-order valence-electron chi connectivity index (χ2n) is 13.4. The van der Waals surface area contributed by atoms with Crippen LogP contribution in [0.25, 0.3) is 10.9 Å². The molecule has 3 heterocycles. The standard InChI is InChI=1S/C34H43ClFN7O5/c1-19(14-39-33(46)48-34(4,5)6)15-43-26-9-8-24(10-22(26)12-27(32(43)45)47-18-28(44)38-7)40-30-25(35)11-23(13-37)31(41-30)42-16-20(2)29(36)21(3)17-42/h8-12,19-21,29H,14-18H2,1-7H3,(H,38,44)(H,39,46)(H,40,41). The molecule has 258 valence electrons. The molecule has 1 aromatic carbocycles. The number of hydrogen-bond acceptors (Lipinski definition) is 9. The van der Waals surface area contributed by atoms with Crippen molar-refractivity contribution in [2.24, 2.45) is 17.8 Å². The van der Waals surface area contributed by atoms with E-state index in [0.717, 1.165) is 0 Å². The molecule has 2 amide bonds. The monoisotopic (exact) mass is 683 g/mol. The van der Waals surface area contributed by atoms with Crippen LogP contribution in [-0.4, -0.2) is 66.6 Å². The number of pyridine rings is 2. The molecule has 0 aliphatic carbocycles. The van der Waals surface area contributed by atoms with Crippen LogP contribution in [0.5, 0.6) is 5.75 Å². The van der Waals surface area contributed by atoms with Crippen LogP contribution in [0, 0.1) is 29.1 Å². The van der Waals surface area contributed by atoms with Gasteiger partial charge < -0.3 is 34.9 Å². The first-order chi connectivity index (χ1) is 22.6. The highest BCUT2D eigenvalue weighted by Crippen LogP contribution is 2.34. The molecular formula is C34H43ClFN7O5. The lowest BCUT2D eigenvalue weighted by Crippen LogP contribution is -2.46. The smallest absolute Gasteiger partial charge is 0.407 e. The molecule has 0 saturated carbocycles. The number of aromatic nitrogens is 2. The van der Waals surface area contributed by atoms with E-state index in [-0.39, 0.29) is 53.8 Å². The number of benzene rings is 1. The molecule has 1 aliphatic heterocycles. The highest BCUT2D eigenvalue weighted by atomic mass is 35.5. The van der Waals surface area contributed by atoms with Crippen molar-refractivity contribution in [3.8, 4) is 11.8 Å². The van der Waals surface area contributed by atoms with Crippen LogP contribution in [0.15, 0.2) is 35.1 Å². The van der Waals surface area contributed by atoms with Crippen molar-refractivity contribution in [3.63, 3.8) is 0 Å². The van der Waals surface area contributed by atoms with E-state index in [1.165, 1.54) is 7.05 Å². The van der Waals surface area contributed by atoms with E-state index in [4.69, 9.17) is 26.1 Å². The fourth-order valence-electron chi connectivity index (χ4n) is 5.62. The topological polar surface area (TPSA) is 151 Å². The first-order valence-electron chi connectivity index (χ1n) is 15.8. The van der Waals surface area contributed by atoms with E-state index >= 15 is 0 Å². The Kier molecular flexibility index (Phi) is 11.4. The number of hydrogen-bond donors (Lipinski definition) is 3. The van der Waals surface area contributed by atoms with Gasteiger partial charge in [0, 0.05) is 56.1 Å². The Morgan fingerprint density at radius 3 is 2.50 bits per heavy atom. The number of carbonyl (C=O) groups is 2. The predicted molar refractivity (Wildman–Crippen MR) is 184 cm³/mol. The minimum atomic E-state index is -0.943. The number of alkyl halides is 1. The van der Waals surface area contributed by atoms with Crippen LogP contribution >= 0.6 is 11.6 Å². The molecule has 2 aromatic heterocycles. The maximum Gasteiger partial charge on any atom is 0.407 e. The number of ether oxygens (including phenoxy) is 2. The zero-order chi connectivity index (χ0) is 35.3. The summed E-state index contributed by atoms with van der Waals surface area (Å²) >= 11 is 6.57. The lowest BCUT2D eigenvalue weighted by molar-refractivity contribution is -0.122. The van der Waals surface area contributed by atoms with E-state index < -0.39 is 29.3 Å². The highest BCUT2D eigenvalue weighted by Gasteiger charge is 2.33. The van der Waals surface area contributed by atoms with Crippen molar-refractivity contribution in [3.05, 3.63) is 51.3 Å². The van der Waals surface area contributed by atoms with Crippen molar-refractivity contribution in [1.82, 2.24) is 20.2 Å². The molecule has 3 N–H and O–H groups in total. The van der Waals surface area contributed by atoms with Crippen LogP contribution in [0.3, 0.4) is 0 Å². The van der Waals surface area contributed by atoms with Gasteiger partial charge in [-0.15, -0.1) is 0 Å². The number of piperidine rings is 1. The molecule has 1 aliphatic rings. The molecule has 0 spiro atoms. The second kappa shape index (κ2) is 15.1. The third-order valence-electron chi connectivity index (χ3n) is 7.93. The second-order valence-corrected chi connectivity index (χ2v) is 13.8. The molecule has 3 atom stereocenters. The summed E-state index contributed by atoms with van der Waals surface area (Å²) in [5.41, 5.74) is 0.388. The van der Waals surface area contributed by atoms with Crippen molar-refractivity contribution < 1.29 is 23.5 Å². The van der Waals surface area contributed by atoms with Crippen LogP contribution < -0.4 is 31.1 Å². The number of carbonyl (C=O) groups excluding carboxylic acids is 2. The number of anilines is 3. The fourth-order valence-corrected chi connectivity index (χ4v) is 5.82. The Hall–Kier alpha value is -4.57. The van der Waals surface area contributed by atoms with Gasteiger partial charge in [-0.2, -0.15) is 5.26 Å². The van der Waals surface area contributed by atoms with Gasteiger partial charge in [-0.25, -0.2) is 14.2 Å². The van der Waals surface area contributed by atoms with E-state index in [2.05, 4.69) is 22.0 Å². The number of nitrogens with one attached hydrogen (secondary N) is 3. The summed E-state index contributed by atoms with van der Waals surface area (Å²) in [5, 5.41) is 19.1. The van der Waals surface area contributed by atoms with E-state index in [1.54, 1.807) is 55.7 Å². The summed E-state index contributed by atoms with van der Waals surface area (Å²) in [7, 11) is 1.47. The predicted octanol–water partition coefficient (Wildman–Crippen LogP) is 5.38. The fraction of sp³-hybridized carbons (Fsp3) is 0.500. The summed E-state index contributed by atoms with van der Waals surface area (Å²) in [6.07, 6.45) is -1.50. The molecule has 0 bridgehead atoms. The average Bonchev–Trinajstić information content (AvgIpc) is 3.02. The van der Waals surface area contributed by atoms with E-state index in [0.29, 0.717) is 41.3 Å². The third kappa shape index (κ3) is 8.86. The minimum Gasteiger partial charge on any atom is -0.478 e. The maximum atomic E-state index is 14.6. The van der Waals surface area contributed by atoms with Gasteiger partial charge in [0.25, 0.3) is 11.5 Å². The normalized spacial score (nSPS) is 18.5. The zero-order valence-electron chi connectivity index (χ0n) is 28.3. The number of rotatable bonds is 10. The number of nitriles is 1. The van der Waals surface area contributed by atoms with Crippen molar-refractivity contribution in [2.75, 3.05) is 43.5 Å². The number of halogens is 2. The summed E-state index contributed by atoms with van der Waals surface area (Å²) in [4.78, 5) is 44.3. The molecular weight excluding hydrogens is 641 g/mol. The SMILES string of the molecule is CNC(=O)COc1cc2cc(Nc3nc(N4CC(C)C(F)C(C)C4)c(C#N)cc3Cl)ccc2n(CC(C)CNC(=O)OC(C)(C)C)c1=O. The molecule has 48 heavy (non-hydrogen) atoms. The third-order valence-corrected chi connectivity index (χ3v) is 8.22. The summed E-state index contributed by atoms with van der Waals surface area (Å²) < 4.78 is 27.1. The van der Waals surface area contributed by atoms with Gasteiger partial charge in [-0.3, -0.25) is 9.59 Å². The summed E-state index contributed by atoms with van der Waals surface area (Å²) in [5.74, 6) is -0.346. The van der Waals surface area contributed by atoms with Gasteiger partial charge in [-0.1, -0.05) is 32.4 Å². The number of amides is 2. The van der Waals surface area contributed by atoms with Gasteiger partial charge in [-0.05, 0) is 57.0 Å². The Morgan fingerprint density at radius 1 is 1.19 bits per heavy atom. The van der Waals surface area contributed by atoms with Gasteiger partial charge in [0.05, 0.1) is 16.1 Å². The largest absolute Gasteiger partial charge is 0.478 e. The molecule has 3 unspecified atom stereocenters. The first-order valence-corrected chi connectivity index (χ1v) is 16.2. The van der Waals surface area contributed by atoms with Crippen LogP contribution in [0.1, 0.15) is 47.1 Å². The van der Waals surface area contributed by atoms with Crippen LogP contribution in [0.4, 0.5) is 26.5 Å². The Labute approximate surface area is 284 Å². The maximum absolute atomic E-state index is 14.6. The molecule has 1 fully saturated rings. The van der Waals surface area contributed by atoms with Gasteiger partial charge in [0.1, 0.15) is 23.7 Å². The van der Waals surface area contributed by atoms with Crippen LogP contribution in [-0.2, 0) is 16.1 Å². The minimum absolute atomic E-state index is 0.0214. The number of nitrogens with zero attached hydrogens (tertiary/aromatic N) is 4. The number of fused-ring (bicyclic) bond motifs is 1. The Morgan fingerprint density at radius 2 is 1.88 bits per heavy atom. The van der Waals surface area contributed by atoms with Crippen molar-refractivity contribution in [2.45, 2.75) is 59.9 Å². The lowest BCUT2D eigenvalue weighted by Gasteiger charge is -2.38. The zero-order valence-corrected chi connectivity index (χ0v) is 29.1. The lowest BCUT2D eigenvalue weighted by atomic mass is 9.89. The molecule has 14 heteroatoms. The van der Waals surface area contributed by atoms with E-state index in [1.807, 2.05) is 25.7 Å². The van der Waals surface area contributed by atoms with Gasteiger partial charge in [0.2, 0.25) is 0 Å². The van der Waals surface area contributed by atoms with E-state index in [9.17, 15) is 24.0 Å². The summed E-state index contributed by atoms with van der Waals surface area (Å²) in [6, 6.07) is 10.6. The molecule has 4 rings (SSSR count). The molecule has 3 aromatic rings. The molecule has 12 nitrogen and oxygen atoms in total.